The highest BCUT2D eigenvalue weighted by atomic mass is 16.4. The first-order valence-electron chi connectivity index (χ1n) is 4.37. The number of aliphatic hydroxyl groups excluding tert-OH is 2. The smallest absolute Gasteiger partial charge is 0.323 e. The molecule has 0 spiro atoms. The Balaban J connectivity index is 3.50. The molecule has 13 heavy (non-hydrogen) atoms. The van der Waals surface area contributed by atoms with Crippen LogP contribution in [0.1, 0.15) is 25.7 Å². The van der Waals surface area contributed by atoms with E-state index in [0.29, 0.717) is 19.3 Å². The minimum absolute atomic E-state index is 0.126. The van der Waals surface area contributed by atoms with Crippen LogP contribution in [0.5, 0.6) is 0 Å². The maximum Gasteiger partial charge on any atom is 0.323 e. The Morgan fingerprint density at radius 3 is 2.38 bits per heavy atom. The van der Waals surface area contributed by atoms with Gasteiger partial charge in [-0.15, -0.1) is 0 Å². The van der Waals surface area contributed by atoms with Crippen LogP contribution in [-0.2, 0) is 4.79 Å². The molecule has 5 N–H and O–H groups in total. The maximum atomic E-state index is 10.3. The van der Waals surface area contributed by atoms with Crippen molar-refractivity contribution in [1.82, 2.24) is 0 Å². The summed E-state index contributed by atoms with van der Waals surface area (Å²) in [6, 6.07) is -1.20. The van der Waals surface area contributed by atoms with Crippen LogP contribution >= 0.6 is 0 Å². The molecule has 0 bridgehead atoms. The molecule has 0 saturated carbocycles. The SMILES string of the molecule is N[C@H](C(=O)O)C(O)CCCCCO. The van der Waals surface area contributed by atoms with Crippen molar-refractivity contribution in [2.24, 2.45) is 5.73 Å². The number of aliphatic hydroxyl groups is 2. The van der Waals surface area contributed by atoms with Crippen LogP contribution in [0.25, 0.3) is 0 Å². The quantitative estimate of drug-likeness (QED) is 0.399. The number of carboxylic acids is 1. The first-order valence-corrected chi connectivity index (χ1v) is 4.37. The summed E-state index contributed by atoms with van der Waals surface area (Å²) in [5.41, 5.74) is 5.18. The first kappa shape index (κ1) is 12.3. The van der Waals surface area contributed by atoms with E-state index in [1.807, 2.05) is 0 Å². The number of unbranched alkanes of at least 4 members (excludes halogenated alkanes) is 2. The lowest BCUT2D eigenvalue weighted by molar-refractivity contribution is -0.141. The van der Waals surface area contributed by atoms with Gasteiger partial charge < -0.3 is 21.1 Å². The van der Waals surface area contributed by atoms with Crippen molar-refractivity contribution < 1.29 is 20.1 Å². The van der Waals surface area contributed by atoms with Crippen molar-refractivity contribution in [2.45, 2.75) is 37.8 Å². The Morgan fingerprint density at radius 2 is 1.92 bits per heavy atom. The van der Waals surface area contributed by atoms with Crippen molar-refractivity contribution in [3.05, 3.63) is 0 Å². The molecule has 0 aliphatic rings. The second kappa shape index (κ2) is 6.82. The fourth-order valence-corrected chi connectivity index (χ4v) is 0.986. The van der Waals surface area contributed by atoms with Gasteiger partial charge >= 0.3 is 5.97 Å². The number of carbonyl (C=O) groups is 1. The molecule has 1 unspecified atom stereocenters. The summed E-state index contributed by atoms with van der Waals surface area (Å²) < 4.78 is 0. The molecule has 0 saturated heterocycles. The zero-order valence-electron chi connectivity index (χ0n) is 7.52. The number of hydrogen-bond acceptors (Lipinski definition) is 4. The minimum atomic E-state index is -1.20. The van der Waals surface area contributed by atoms with Gasteiger partial charge in [-0.25, -0.2) is 0 Å². The van der Waals surface area contributed by atoms with E-state index < -0.39 is 18.1 Å². The highest BCUT2D eigenvalue weighted by molar-refractivity contribution is 5.73. The third-order valence-electron chi connectivity index (χ3n) is 1.86. The van der Waals surface area contributed by atoms with Gasteiger partial charge in [0.15, 0.2) is 0 Å². The van der Waals surface area contributed by atoms with Gasteiger partial charge in [0.05, 0.1) is 6.10 Å². The van der Waals surface area contributed by atoms with Gasteiger partial charge in [0.2, 0.25) is 0 Å². The van der Waals surface area contributed by atoms with E-state index in [1.54, 1.807) is 0 Å². The average Bonchev–Trinajstić information content (AvgIpc) is 2.10. The summed E-state index contributed by atoms with van der Waals surface area (Å²) in [4.78, 5) is 10.3. The zero-order chi connectivity index (χ0) is 10.3. The van der Waals surface area contributed by atoms with E-state index in [9.17, 15) is 9.90 Å². The van der Waals surface area contributed by atoms with Gasteiger partial charge in [0.1, 0.15) is 6.04 Å². The largest absolute Gasteiger partial charge is 0.480 e. The van der Waals surface area contributed by atoms with E-state index in [0.717, 1.165) is 6.42 Å². The number of hydrogen-bond donors (Lipinski definition) is 4. The monoisotopic (exact) mass is 191 g/mol. The lowest BCUT2D eigenvalue weighted by Crippen LogP contribution is -2.41. The van der Waals surface area contributed by atoms with Gasteiger partial charge in [-0.1, -0.05) is 12.8 Å². The maximum absolute atomic E-state index is 10.3. The number of nitrogens with two attached hydrogens (primary N) is 1. The summed E-state index contributed by atoms with van der Waals surface area (Å²) in [7, 11) is 0. The predicted molar refractivity (Wildman–Crippen MR) is 47.2 cm³/mol. The molecule has 0 aromatic heterocycles. The Kier molecular flexibility index (Phi) is 6.48. The summed E-state index contributed by atoms with van der Waals surface area (Å²) in [5.74, 6) is -1.19. The van der Waals surface area contributed by atoms with E-state index in [4.69, 9.17) is 15.9 Å². The van der Waals surface area contributed by atoms with Crippen molar-refractivity contribution in [3.8, 4) is 0 Å². The molecule has 0 amide bonds. The Labute approximate surface area is 77.2 Å². The molecule has 2 atom stereocenters. The lowest BCUT2D eigenvalue weighted by atomic mass is 10.0. The molecule has 0 aromatic carbocycles. The van der Waals surface area contributed by atoms with Crippen LogP contribution in [0.4, 0.5) is 0 Å². The predicted octanol–water partition coefficient (Wildman–Crippen LogP) is -0.688. The minimum Gasteiger partial charge on any atom is -0.480 e. The normalized spacial score (nSPS) is 15.3. The van der Waals surface area contributed by atoms with Crippen molar-refractivity contribution >= 4 is 5.97 Å². The molecule has 5 heteroatoms. The van der Waals surface area contributed by atoms with Crippen molar-refractivity contribution in [2.75, 3.05) is 6.61 Å². The highest BCUT2D eigenvalue weighted by Gasteiger charge is 2.20. The van der Waals surface area contributed by atoms with Gasteiger partial charge in [0, 0.05) is 6.61 Å². The third kappa shape index (κ3) is 5.57. The fraction of sp³-hybridized carbons (Fsp3) is 0.875. The summed E-state index contributed by atoms with van der Waals surface area (Å²) in [6.07, 6.45) is 1.52. The molecular weight excluding hydrogens is 174 g/mol. The van der Waals surface area contributed by atoms with E-state index >= 15 is 0 Å². The molecule has 0 fully saturated rings. The second-order valence-electron chi connectivity index (χ2n) is 3.00. The van der Waals surface area contributed by atoms with Gasteiger partial charge in [-0.3, -0.25) is 4.79 Å². The van der Waals surface area contributed by atoms with Crippen LogP contribution < -0.4 is 5.73 Å². The third-order valence-corrected chi connectivity index (χ3v) is 1.86. The van der Waals surface area contributed by atoms with Crippen molar-refractivity contribution in [3.63, 3.8) is 0 Å². The van der Waals surface area contributed by atoms with Gasteiger partial charge in [0.25, 0.3) is 0 Å². The molecule has 0 aliphatic carbocycles. The van der Waals surface area contributed by atoms with E-state index in [-0.39, 0.29) is 6.61 Å². The standard InChI is InChI=1S/C8H17NO4/c9-7(8(12)13)6(11)4-2-1-3-5-10/h6-7,10-11H,1-5,9H2,(H,12,13)/t6?,7-/m0/s1. The van der Waals surface area contributed by atoms with E-state index in [2.05, 4.69) is 0 Å². The number of carboxylic acid groups (broad SMARTS) is 1. The Bertz CT molecular complexity index is 151. The van der Waals surface area contributed by atoms with Gasteiger partial charge in [-0.05, 0) is 12.8 Å². The molecule has 0 rings (SSSR count). The molecule has 0 aliphatic heterocycles. The first-order chi connectivity index (χ1) is 6.09. The van der Waals surface area contributed by atoms with Crippen LogP contribution in [0.2, 0.25) is 0 Å². The van der Waals surface area contributed by atoms with Gasteiger partial charge in [-0.2, -0.15) is 0 Å². The molecular formula is C8H17NO4. The van der Waals surface area contributed by atoms with Crippen molar-refractivity contribution in [1.29, 1.82) is 0 Å². The summed E-state index contributed by atoms with van der Waals surface area (Å²) in [6.45, 7) is 0.126. The highest BCUT2D eigenvalue weighted by Crippen LogP contribution is 2.05. The Hall–Kier alpha value is -0.650. The average molecular weight is 191 g/mol. The lowest BCUT2D eigenvalue weighted by Gasteiger charge is -2.13. The number of rotatable bonds is 7. The molecule has 5 nitrogen and oxygen atoms in total. The van der Waals surface area contributed by atoms with E-state index in [1.165, 1.54) is 0 Å². The topological polar surface area (TPSA) is 104 Å². The molecule has 0 radical (unpaired) electrons. The Morgan fingerprint density at radius 1 is 1.31 bits per heavy atom. The number of aliphatic carboxylic acids is 1. The van der Waals surface area contributed by atoms with Crippen LogP contribution in [0.15, 0.2) is 0 Å². The molecule has 0 aromatic rings. The van der Waals surface area contributed by atoms with Crippen LogP contribution in [-0.4, -0.2) is 40.0 Å². The zero-order valence-corrected chi connectivity index (χ0v) is 7.52. The van der Waals surface area contributed by atoms with Crippen LogP contribution in [0, 0.1) is 0 Å². The van der Waals surface area contributed by atoms with Crippen LogP contribution in [0.3, 0.4) is 0 Å². The summed E-state index contributed by atoms with van der Waals surface area (Å²) >= 11 is 0. The fourth-order valence-electron chi connectivity index (χ4n) is 0.986. The molecule has 0 heterocycles. The summed E-state index contributed by atoms with van der Waals surface area (Å²) in [5, 5.41) is 26.1. The molecule has 78 valence electrons. The second-order valence-corrected chi connectivity index (χ2v) is 3.00.